The topological polar surface area (TPSA) is 26.0 Å². The van der Waals surface area contributed by atoms with Gasteiger partial charge in [-0.25, -0.2) is 0 Å². The van der Waals surface area contributed by atoms with Crippen LogP contribution in [0.25, 0.3) is 5.57 Å². The molecule has 1 nitrogen and oxygen atoms in total. The van der Waals surface area contributed by atoms with E-state index in [4.69, 9.17) is 5.73 Å². The average Bonchev–Trinajstić information content (AvgIpc) is 2.25. The molecule has 1 aromatic rings. The summed E-state index contributed by atoms with van der Waals surface area (Å²) >= 11 is 4.23. The lowest BCUT2D eigenvalue weighted by Crippen LogP contribution is -1.99. The summed E-state index contributed by atoms with van der Waals surface area (Å²) in [6.45, 7) is 4.62. The van der Waals surface area contributed by atoms with Gasteiger partial charge < -0.3 is 5.73 Å². The Kier molecular flexibility index (Phi) is 4.66. The van der Waals surface area contributed by atoms with Crippen molar-refractivity contribution < 1.29 is 0 Å². The number of hydrogen-bond donors (Lipinski definition) is 2. The van der Waals surface area contributed by atoms with E-state index in [1.54, 1.807) is 0 Å². The molecule has 80 valence electrons. The lowest BCUT2D eigenvalue weighted by molar-refractivity contribution is 1.06. The first-order valence-corrected chi connectivity index (χ1v) is 5.42. The van der Waals surface area contributed by atoms with Crippen LogP contribution in [0.2, 0.25) is 0 Å². The number of hydrogen-bond acceptors (Lipinski definition) is 2. The van der Waals surface area contributed by atoms with E-state index in [0.29, 0.717) is 6.54 Å². The maximum absolute atomic E-state index is 5.69. The zero-order chi connectivity index (χ0) is 11.3. The highest BCUT2D eigenvalue weighted by Crippen LogP contribution is 2.18. The molecule has 0 atom stereocenters. The molecule has 0 aromatic heterocycles. The van der Waals surface area contributed by atoms with E-state index in [0.717, 1.165) is 4.91 Å². The zero-order valence-electron chi connectivity index (χ0n) is 9.20. The van der Waals surface area contributed by atoms with Gasteiger partial charge in [0.2, 0.25) is 0 Å². The summed E-state index contributed by atoms with van der Waals surface area (Å²) in [5.41, 5.74) is 9.29. The van der Waals surface area contributed by atoms with Crippen molar-refractivity contribution in [1.82, 2.24) is 0 Å². The molecule has 0 fully saturated rings. The first-order valence-electron chi connectivity index (χ1n) is 4.97. The SMILES string of the molecule is C/C(S)=C\C=C(/C)c1ccccc1CN. The van der Waals surface area contributed by atoms with Crippen LogP contribution in [0.1, 0.15) is 25.0 Å². The molecule has 0 amide bonds. The number of benzene rings is 1. The van der Waals surface area contributed by atoms with Crippen LogP contribution in [0.15, 0.2) is 41.3 Å². The predicted octanol–water partition coefficient (Wildman–Crippen LogP) is 3.38. The minimum absolute atomic E-state index is 0.574. The molecule has 0 aliphatic rings. The number of thiol groups is 1. The van der Waals surface area contributed by atoms with Crippen molar-refractivity contribution in [3.63, 3.8) is 0 Å². The Bertz CT molecular complexity index is 387. The quantitative estimate of drug-likeness (QED) is 0.591. The molecular formula is C13H17NS. The summed E-state index contributed by atoms with van der Waals surface area (Å²) in [7, 11) is 0. The van der Waals surface area contributed by atoms with Crippen molar-refractivity contribution in [2.45, 2.75) is 20.4 Å². The minimum atomic E-state index is 0.574. The Labute approximate surface area is 97.1 Å². The lowest BCUT2D eigenvalue weighted by Gasteiger charge is -2.07. The van der Waals surface area contributed by atoms with Crippen LogP contribution in [0.4, 0.5) is 0 Å². The third-order valence-electron chi connectivity index (χ3n) is 2.24. The highest BCUT2D eigenvalue weighted by Gasteiger charge is 2.00. The summed E-state index contributed by atoms with van der Waals surface area (Å²) in [4.78, 5) is 1.000. The van der Waals surface area contributed by atoms with Crippen LogP contribution in [0.5, 0.6) is 0 Å². The molecule has 0 saturated carbocycles. The van der Waals surface area contributed by atoms with Gasteiger partial charge in [-0.05, 0) is 35.5 Å². The molecule has 0 spiro atoms. The average molecular weight is 219 g/mol. The summed E-state index contributed by atoms with van der Waals surface area (Å²) in [5.74, 6) is 0. The van der Waals surface area contributed by atoms with Crippen LogP contribution in [-0.4, -0.2) is 0 Å². The maximum atomic E-state index is 5.69. The van der Waals surface area contributed by atoms with E-state index >= 15 is 0 Å². The van der Waals surface area contributed by atoms with Gasteiger partial charge in [0.05, 0.1) is 0 Å². The van der Waals surface area contributed by atoms with Crippen molar-refractivity contribution in [3.05, 3.63) is 52.4 Å². The van der Waals surface area contributed by atoms with E-state index in [1.165, 1.54) is 16.7 Å². The van der Waals surface area contributed by atoms with E-state index in [9.17, 15) is 0 Å². The Morgan fingerprint density at radius 3 is 2.53 bits per heavy atom. The first-order chi connectivity index (χ1) is 7.15. The van der Waals surface area contributed by atoms with Gasteiger partial charge >= 0.3 is 0 Å². The zero-order valence-corrected chi connectivity index (χ0v) is 10.1. The molecule has 2 heteroatoms. The van der Waals surface area contributed by atoms with Crippen LogP contribution >= 0.6 is 12.6 Å². The summed E-state index contributed by atoms with van der Waals surface area (Å²) in [6.07, 6.45) is 4.06. The molecule has 2 N–H and O–H groups in total. The molecule has 1 rings (SSSR count). The van der Waals surface area contributed by atoms with Crippen LogP contribution in [0, 0.1) is 0 Å². The molecule has 0 bridgehead atoms. The van der Waals surface area contributed by atoms with Crippen molar-refractivity contribution >= 4 is 18.2 Å². The monoisotopic (exact) mass is 219 g/mol. The standard InChI is InChI=1S/C13H17NS/c1-10(7-8-11(2)15)13-6-4-3-5-12(13)9-14/h3-8,15H,9,14H2,1-2H3/b10-7+,11-8+. The van der Waals surface area contributed by atoms with Gasteiger partial charge in [-0.3, -0.25) is 0 Å². The molecule has 0 aliphatic carbocycles. The van der Waals surface area contributed by atoms with Crippen molar-refractivity contribution in [2.75, 3.05) is 0 Å². The van der Waals surface area contributed by atoms with E-state index in [2.05, 4.69) is 37.8 Å². The second kappa shape index (κ2) is 5.79. The molecule has 15 heavy (non-hydrogen) atoms. The normalized spacial score (nSPS) is 13.1. The maximum Gasteiger partial charge on any atom is 0.0184 e. The van der Waals surface area contributed by atoms with Gasteiger partial charge in [0.25, 0.3) is 0 Å². The summed E-state index contributed by atoms with van der Waals surface area (Å²) in [5, 5.41) is 0. The Morgan fingerprint density at radius 2 is 1.93 bits per heavy atom. The molecule has 0 unspecified atom stereocenters. The highest BCUT2D eigenvalue weighted by molar-refractivity contribution is 7.84. The Morgan fingerprint density at radius 1 is 1.27 bits per heavy atom. The van der Waals surface area contributed by atoms with E-state index < -0.39 is 0 Å². The minimum Gasteiger partial charge on any atom is -0.326 e. The van der Waals surface area contributed by atoms with Gasteiger partial charge in [0.1, 0.15) is 0 Å². The largest absolute Gasteiger partial charge is 0.326 e. The van der Waals surface area contributed by atoms with E-state index in [-0.39, 0.29) is 0 Å². The van der Waals surface area contributed by atoms with Gasteiger partial charge in [0, 0.05) is 6.54 Å². The fraction of sp³-hybridized carbons (Fsp3) is 0.231. The third-order valence-corrected chi connectivity index (χ3v) is 2.39. The van der Waals surface area contributed by atoms with Crippen LogP contribution in [-0.2, 0) is 6.54 Å². The van der Waals surface area contributed by atoms with Gasteiger partial charge in [-0.15, -0.1) is 12.6 Å². The van der Waals surface area contributed by atoms with Gasteiger partial charge in [-0.1, -0.05) is 36.4 Å². The summed E-state index contributed by atoms with van der Waals surface area (Å²) in [6, 6.07) is 8.20. The van der Waals surface area contributed by atoms with Crippen LogP contribution < -0.4 is 5.73 Å². The number of nitrogens with two attached hydrogens (primary N) is 1. The summed E-state index contributed by atoms with van der Waals surface area (Å²) < 4.78 is 0. The molecule has 0 saturated heterocycles. The van der Waals surface area contributed by atoms with Crippen LogP contribution in [0.3, 0.4) is 0 Å². The third kappa shape index (κ3) is 3.57. The Hall–Kier alpha value is -0.990. The van der Waals surface area contributed by atoms with Crippen molar-refractivity contribution in [1.29, 1.82) is 0 Å². The second-order valence-electron chi connectivity index (χ2n) is 3.52. The highest BCUT2D eigenvalue weighted by atomic mass is 32.1. The molecule has 0 aliphatic heterocycles. The fourth-order valence-corrected chi connectivity index (χ4v) is 1.49. The predicted molar refractivity (Wildman–Crippen MR) is 70.7 cm³/mol. The van der Waals surface area contributed by atoms with Crippen molar-refractivity contribution in [2.24, 2.45) is 5.73 Å². The molecule has 1 aromatic carbocycles. The van der Waals surface area contributed by atoms with Gasteiger partial charge in [0.15, 0.2) is 0 Å². The molecule has 0 radical (unpaired) electrons. The fourth-order valence-electron chi connectivity index (χ4n) is 1.42. The first kappa shape index (κ1) is 12.1. The number of allylic oxidation sites excluding steroid dienone is 4. The van der Waals surface area contributed by atoms with E-state index in [1.807, 2.05) is 25.1 Å². The molecular weight excluding hydrogens is 202 g/mol. The molecule has 0 heterocycles. The Balaban J connectivity index is 3.05. The second-order valence-corrected chi connectivity index (χ2v) is 4.22. The van der Waals surface area contributed by atoms with Crippen molar-refractivity contribution in [3.8, 4) is 0 Å². The lowest BCUT2D eigenvalue weighted by atomic mass is 10.0. The smallest absolute Gasteiger partial charge is 0.0184 e. The number of rotatable bonds is 3. The van der Waals surface area contributed by atoms with Gasteiger partial charge in [-0.2, -0.15) is 0 Å².